The molecular formula is C23H24N6. The molecule has 1 aliphatic rings. The van der Waals surface area contributed by atoms with Crippen molar-refractivity contribution in [1.29, 1.82) is 5.26 Å². The van der Waals surface area contributed by atoms with Crippen molar-refractivity contribution in [3.8, 4) is 6.07 Å². The number of nitriles is 1. The quantitative estimate of drug-likeness (QED) is 0.723. The zero-order chi connectivity index (χ0) is 20.1. The summed E-state index contributed by atoms with van der Waals surface area (Å²) in [6.07, 6.45) is 0. The van der Waals surface area contributed by atoms with Crippen molar-refractivity contribution in [3.63, 3.8) is 0 Å². The summed E-state index contributed by atoms with van der Waals surface area (Å²) in [6.45, 7) is 6.88. The van der Waals surface area contributed by atoms with Gasteiger partial charge in [-0.1, -0.05) is 30.3 Å². The van der Waals surface area contributed by atoms with E-state index >= 15 is 0 Å². The summed E-state index contributed by atoms with van der Waals surface area (Å²) < 4.78 is 0. The third-order valence-corrected chi connectivity index (χ3v) is 5.06. The van der Waals surface area contributed by atoms with Gasteiger partial charge in [0, 0.05) is 50.2 Å². The Morgan fingerprint density at radius 3 is 2.38 bits per heavy atom. The molecule has 0 atom stereocenters. The fourth-order valence-electron chi connectivity index (χ4n) is 3.50. The van der Waals surface area contributed by atoms with E-state index < -0.39 is 0 Å². The van der Waals surface area contributed by atoms with E-state index in [0.717, 1.165) is 49.9 Å². The van der Waals surface area contributed by atoms with Gasteiger partial charge in [-0.15, -0.1) is 0 Å². The number of aryl methyl sites for hydroxylation is 1. The number of nitrogens with zero attached hydrogens (tertiary/aromatic N) is 5. The van der Waals surface area contributed by atoms with Gasteiger partial charge in [-0.3, -0.25) is 4.90 Å². The van der Waals surface area contributed by atoms with Gasteiger partial charge in [0.25, 0.3) is 0 Å². The lowest BCUT2D eigenvalue weighted by atomic mass is 10.2. The van der Waals surface area contributed by atoms with Gasteiger partial charge in [-0.2, -0.15) is 10.2 Å². The fraction of sp³-hybridized carbons (Fsp3) is 0.261. The molecule has 0 saturated carbocycles. The molecule has 0 spiro atoms. The van der Waals surface area contributed by atoms with E-state index in [1.54, 1.807) is 12.1 Å². The highest BCUT2D eigenvalue weighted by Crippen LogP contribution is 2.20. The number of anilines is 3. The molecule has 1 aliphatic heterocycles. The van der Waals surface area contributed by atoms with Gasteiger partial charge in [0.2, 0.25) is 5.95 Å². The SMILES string of the molecule is Cc1cc(N2CCN(Cc3ccccc3)CC2)nc(Nc2ccc(C#N)cc2)n1. The van der Waals surface area contributed by atoms with E-state index in [9.17, 15) is 0 Å². The lowest BCUT2D eigenvalue weighted by molar-refractivity contribution is 0.249. The van der Waals surface area contributed by atoms with Crippen LogP contribution in [0.5, 0.6) is 0 Å². The molecule has 29 heavy (non-hydrogen) atoms. The summed E-state index contributed by atoms with van der Waals surface area (Å²) in [7, 11) is 0. The highest BCUT2D eigenvalue weighted by atomic mass is 15.3. The number of hydrogen-bond donors (Lipinski definition) is 1. The zero-order valence-corrected chi connectivity index (χ0v) is 16.5. The van der Waals surface area contributed by atoms with Gasteiger partial charge >= 0.3 is 0 Å². The summed E-state index contributed by atoms with van der Waals surface area (Å²) in [5.41, 5.74) is 3.79. The van der Waals surface area contributed by atoms with Crippen molar-refractivity contribution in [2.24, 2.45) is 0 Å². The van der Waals surface area contributed by atoms with Crippen LogP contribution in [-0.4, -0.2) is 41.0 Å². The lowest BCUT2D eigenvalue weighted by Crippen LogP contribution is -2.46. The van der Waals surface area contributed by atoms with Crippen LogP contribution in [0.25, 0.3) is 0 Å². The molecule has 0 aliphatic carbocycles. The highest BCUT2D eigenvalue weighted by Gasteiger charge is 2.19. The van der Waals surface area contributed by atoms with Crippen LogP contribution in [0.2, 0.25) is 0 Å². The van der Waals surface area contributed by atoms with Crippen LogP contribution in [0.4, 0.5) is 17.5 Å². The smallest absolute Gasteiger partial charge is 0.229 e. The zero-order valence-electron chi connectivity index (χ0n) is 16.5. The first-order chi connectivity index (χ1) is 14.2. The van der Waals surface area contributed by atoms with E-state index in [-0.39, 0.29) is 0 Å². The lowest BCUT2D eigenvalue weighted by Gasteiger charge is -2.35. The molecule has 2 aromatic carbocycles. The first-order valence-electron chi connectivity index (χ1n) is 9.84. The van der Waals surface area contributed by atoms with Crippen molar-refractivity contribution < 1.29 is 0 Å². The van der Waals surface area contributed by atoms with Gasteiger partial charge in [0.1, 0.15) is 5.82 Å². The summed E-state index contributed by atoms with van der Waals surface area (Å²) in [5, 5.41) is 12.2. The minimum absolute atomic E-state index is 0.580. The van der Waals surface area contributed by atoms with Gasteiger partial charge in [-0.05, 0) is 36.8 Å². The van der Waals surface area contributed by atoms with Crippen LogP contribution in [0.15, 0.2) is 60.7 Å². The monoisotopic (exact) mass is 384 g/mol. The Balaban J connectivity index is 1.40. The minimum atomic E-state index is 0.580. The predicted octanol–water partition coefficient (Wildman–Crippen LogP) is 3.72. The molecule has 1 saturated heterocycles. The molecule has 3 aromatic rings. The molecule has 0 bridgehead atoms. The molecule has 6 heteroatoms. The van der Waals surface area contributed by atoms with E-state index in [1.807, 2.05) is 25.1 Å². The van der Waals surface area contributed by atoms with E-state index in [4.69, 9.17) is 10.2 Å². The molecule has 0 amide bonds. The van der Waals surface area contributed by atoms with Crippen molar-refractivity contribution in [2.45, 2.75) is 13.5 Å². The Bertz CT molecular complexity index is 986. The molecular weight excluding hydrogens is 360 g/mol. The molecule has 4 rings (SSSR count). The second-order valence-corrected chi connectivity index (χ2v) is 7.25. The maximum absolute atomic E-state index is 8.93. The van der Waals surface area contributed by atoms with Crippen LogP contribution in [0.1, 0.15) is 16.8 Å². The van der Waals surface area contributed by atoms with Crippen LogP contribution < -0.4 is 10.2 Å². The number of benzene rings is 2. The Morgan fingerprint density at radius 1 is 0.966 bits per heavy atom. The van der Waals surface area contributed by atoms with E-state index in [0.29, 0.717) is 11.5 Å². The average Bonchev–Trinajstić information content (AvgIpc) is 2.75. The van der Waals surface area contributed by atoms with Gasteiger partial charge in [0.05, 0.1) is 11.6 Å². The highest BCUT2D eigenvalue weighted by molar-refractivity contribution is 5.57. The Kier molecular flexibility index (Phi) is 5.68. The molecule has 0 radical (unpaired) electrons. The van der Waals surface area contributed by atoms with Crippen LogP contribution in [0.3, 0.4) is 0 Å². The standard InChI is InChI=1S/C23H24N6/c1-18-15-22(27-23(25-18)26-21-9-7-19(16-24)8-10-21)29-13-11-28(12-14-29)17-20-5-3-2-4-6-20/h2-10,15H,11-14,17H2,1H3,(H,25,26,27). The summed E-state index contributed by atoms with van der Waals surface area (Å²) in [5.74, 6) is 1.53. The van der Waals surface area contributed by atoms with Gasteiger partial charge in [0.15, 0.2) is 0 Å². The maximum Gasteiger partial charge on any atom is 0.229 e. The molecule has 6 nitrogen and oxygen atoms in total. The largest absolute Gasteiger partial charge is 0.354 e. The fourth-order valence-corrected chi connectivity index (χ4v) is 3.50. The van der Waals surface area contributed by atoms with Crippen LogP contribution in [0, 0.1) is 18.3 Å². The Labute approximate surface area is 171 Å². The average molecular weight is 384 g/mol. The molecule has 2 heterocycles. The second-order valence-electron chi connectivity index (χ2n) is 7.25. The third kappa shape index (κ3) is 4.89. The van der Waals surface area contributed by atoms with Crippen LogP contribution in [-0.2, 0) is 6.54 Å². The predicted molar refractivity (Wildman–Crippen MR) is 115 cm³/mol. The number of rotatable bonds is 5. The van der Waals surface area contributed by atoms with Crippen molar-refractivity contribution in [1.82, 2.24) is 14.9 Å². The van der Waals surface area contributed by atoms with Gasteiger partial charge in [-0.25, -0.2) is 4.98 Å². The Morgan fingerprint density at radius 2 is 1.69 bits per heavy atom. The summed E-state index contributed by atoms with van der Waals surface area (Å²) in [4.78, 5) is 14.0. The van der Waals surface area contributed by atoms with Crippen LogP contribution >= 0.6 is 0 Å². The van der Waals surface area contributed by atoms with E-state index in [1.165, 1.54) is 5.56 Å². The normalized spacial score (nSPS) is 14.4. The maximum atomic E-state index is 8.93. The minimum Gasteiger partial charge on any atom is -0.354 e. The van der Waals surface area contributed by atoms with Crippen molar-refractivity contribution >= 4 is 17.5 Å². The van der Waals surface area contributed by atoms with Gasteiger partial charge < -0.3 is 10.2 Å². The van der Waals surface area contributed by atoms with Crippen molar-refractivity contribution in [2.75, 3.05) is 36.4 Å². The first kappa shape index (κ1) is 18.9. The topological polar surface area (TPSA) is 68.1 Å². The number of aromatic nitrogens is 2. The summed E-state index contributed by atoms with van der Waals surface area (Å²) >= 11 is 0. The molecule has 1 fully saturated rings. The second kappa shape index (κ2) is 8.72. The summed E-state index contributed by atoms with van der Waals surface area (Å²) in [6, 6.07) is 22.1. The number of nitrogens with one attached hydrogen (secondary N) is 1. The Hall–Kier alpha value is -3.43. The number of hydrogen-bond acceptors (Lipinski definition) is 6. The third-order valence-electron chi connectivity index (χ3n) is 5.06. The van der Waals surface area contributed by atoms with E-state index in [2.05, 4.69) is 56.5 Å². The van der Waals surface area contributed by atoms with Crippen molar-refractivity contribution in [3.05, 3.63) is 77.5 Å². The molecule has 1 aromatic heterocycles. The first-order valence-corrected chi connectivity index (χ1v) is 9.84. The number of piperazine rings is 1. The molecule has 0 unspecified atom stereocenters. The molecule has 146 valence electrons. The molecule has 1 N–H and O–H groups in total.